The van der Waals surface area contributed by atoms with E-state index >= 15 is 0 Å². The van der Waals surface area contributed by atoms with Gasteiger partial charge in [0.25, 0.3) is 5.56 Å². The number of halogens is 4. The van der Waals surface area contributed by atoms with Crippen molar-refractivity contribution in [2.75, 3.05) is 13.2 Å². The standard InChI is InChI=1S/C12H12Cl3FN2O6S/c13-12(14,15)4-23-11(22)24-6-1-8(25-7(6)3-19)18-2-5(16)9(20)17-10(18)21/h2,6-8,19H,1,3-4H2,(H,17,20,21)/t6-,7+,8+/m0/s1. The van der Waals surface area contributed by atoms with E-state index in [-0.39, 0.29) is 13.0 Å². The number of aliphatic hydroxyl groups is 1. The first kappa shape index (κ1) is 20.4. The number of hydrogen-bond acceptors (Lipinski definition) is 7. The molecule has 1 aromatic rings. The molecular weight excluding hydrogens is 426 g/mol. The van der Waals surface area contributed by atoms with E-state index in [1.807, 2.05) is 4.98 Å². The lowest BCUT2D eigenvalue weighted by atomic mass is 10.2. The van der Waals surface area contributed by atoms with Crippen molar-refractivity contribution in [3.63, 3.8) is 0 Å². The first-order valence-electron chi connectivity index (χ1n) is 6.78. The number of aliphatic hydroxyl groups excluding tert-OH is 1. The number of alkyl halides is 3. The first-order chi connectivity index (χ1) is 11.6. The SMILES string of the molecule is O=C(OCC(Cl)(Cl)Cl)O[C@H]1C[C@H](n2cc(F)c(=O)[nH]c2=O)S[C@@H]1CO. The van der Waals surface area contributed by atoms with Crippen LogP contribution in [-0.4, -0.2) is 49.2 Å². The van der Waals surface area contributed by atoms with Crippen molar-refractivity contribution in [1.82, 2.24) is 9.55 Å². The van der Waals surface area contributed by atoms with Crippen LogP contribution in [0.4, 0.5) is 9.18 Å². The zero-order valence-electron chi connectivity index (χ0n) is 12.3. The molecule has 2 heterocycles. The second-order valence-corrected chi connectivity index (χ2v) is 8.94. The van der Waals surface area contributed by atoms with Gasteiger partial charge in [-0.25, -0.2) is 9.59 Å². The predicted octanol–water partition coefficient (Wildman–Crippen LogP) is 1.56. The number of hydrogen-bond donors (Lipinski definition) is 2. The van der Waals surface area contributed by atoms with E-state index in [0.717, 1.165) is 22.5 Å². The van der Waals surface area contributed by atoms with Gasteiger partial charge in [-0.05, 0) is 0 Å². The highest BCUT2D eigenvalue weighted by Crippen LogP contribution is 2.42. The molecule has 3 atom stereocenters. The molecule has 1 aliphatic rings. The van der Waals surface area contributed by atoms with Crippen molar-refractivity contribution < 1.29 is 23.8 Å². The van der Waals surface area contributed by atoms with E-state index < -0.39 is 50.3 Å². The molecule has 0 spiro atoms. The normalized spacial score (nSPS) is 23.5. The summed E-state index contributed by atoms with van der Waals surface area (Å²) in [6, 6.07) is 0. The summed E-state index contributed by atoms with van der Waals surface area (Å²) in [6.45, 7) is -0.904. The van der Waals surface area contributed by atoms with Gasteiger partial charge < -0.3 is 14.6 Å². The molecule has 13 heteroatoms. The van der Waals surface area contributed by atoms with E-state index in [2.05, 4.69) is 4.74 Å². The zero-order valence-corrected chi connectivity index (χ0v) is 15.4. The van der Waals surface area contributed by atoms with Gasteiger partial charge in [-0.3, -0.25) is 14.3 Å². The summed E-state index contributed by atoms with van der Waals surface area (Å²) in [6.07, 6.45) is -1.11. The van der Waals surface area contributed by atoms with Crippen LogP contribution >= 0.6 is 46.6 Å². The van der Waals surface area contributed by atoms with Crippen LogP contribution in [0.2, 0.25) is 0 Å². The molecule has 1 saturated heterocycles. The third kappa shape index (κ3) is 5.52. The number of ether oxygens (including phenoxy) is 2. The van der Waals surface area contributed by atoms with Crippen molar-refractivity contribution in [3.8, 4) is 0 Å². The van der Waals surface area contributed by atoms with E-state index in [1.165, 1.54) is 0 Å². The molecular formula is C12H12Cl3FN2O6S. The van der Waals surface area contributed by atoms with E-state index in [1.54, 1.807) is 0 Å². The van der Waals surface area contributed by atoms with Crippen molar-refractivity contribution in [2.24, 2.45) is 0 Å². The highest BCUT2D eigenvalue weighted by atomic mass is 35.6. The number of aromatic amines is 1. The van der Waals surface area contributed by atoms with Crippen molar-refractivity contribution in [2.45, 2.75) is 26.9 Å². The molecule has 140 valence electrons. The Bertz CT molecular complexity index is 752. The van der Waals surface area contributed by atoms with Crippen LogP contribution in [0.5, 0.6) is 0 Å². The number of nitrogens with zero attached hydrogens (tertiary/aromatic N) is 1. The van der Waals surface area contributed by atoms with Crippen molar-refractivity contribution in [3.05, 3.63) is 32.9 Å². The number of carbonyl (C=O) groups is 1. The topological polar surface area (TPSA) is 111 Å². The molecule has 25 heavy (non-hydrogen) atoms. The highest BCUT2D eigenvalue weighted by Gasteiger charge is 2.39. The molecule has 0 saturated carbocycles. The number of H-pyrrole nitrogens is 1. The average Bonchev–Trinajstić information content (AvgIpc) is 2.91. The van der Waals surface area contributed by atoms with Crippen LogP contribution in [-0.2, 0) is 9.47 Å². The molecule has 1 aliphatic heterocycles. The molecule has 1 fully saturated rings. The maximum atomic E-state index is 13.4. The molecule has 8 nitrogen and oxygen atoms in total. The van der Waals surface area contributed by atoms with Crippen molar-refractivity contribution >= 4 is 52.7 Å². The molecule has 0 aliphatic carbocycles. The zero-order chi connectivity index (χ0) is 18.8. The Balaban J connectivity index is 2.07. The molecule has 0 radical (unpaired) electrons. The molecule has 0 amide bonds. The summed E-state index contributed by atoms with van der Waals surface area (Å²) in [7, 11) is 0. The minimum absolute atomic E-state index is 0.0736. The summed E-state index contributed by atoms with van der Waals surface area (Å²) in [4.78, 5) is 36.3. The fraction of sp³-hybridized carbons (Fsp3) is 0.583. The summed E-state index contributed by atoms with van der Waals surface area (Å²) >= 11 is 17.4. The van der Waals surface area contributed by atoms with Crippen LogP contribution < -0.4 is 11.2 Å². The predicted molar refractivity (Wildman–Crippen MR) is 89.9 cm³/mol. The number of aromatic nitrogens is 2. The lowest BCUT2D eigenvalue weighted by molar-refractivity contribution is 0.0180. The van der Waals surface area contributed by atoms with Gasteiger partial charge in [0.15, 0.2) is 0 Å². The van der Waals surface area contributed by atoms with E-state index in [4.69, 9.17) is 39.5 Å². The summed E-state index contributed by atoms with van der Waals surface area (Å²) in [5.41, 5.74) is -1.95. The van der Waals surface area contributed by atoms with Gasteiger partial charge in [0.1, 0.15) is 12.7 Å². The monoisotopic (exact) mass is 436 g/mol. The van der Waals surface area contributed by atoms with Crippen molar-refractivity contribution in [1.29, 1.82) is 0 Å². The van der Waals surface area contributed by atoms with Crippen LogP contribution in [0, 0.1) is 5.82 Å². The Morgan fingerprint density at radius 2 is 2.16 bits per heavy atom. The molecule has 0 bridgehead atoms. The third-order valence-electron chi connectivity index (χ3n) is 3.20. The maximum absolute atomic E-state index is 13.4. The van der Waals surface area contributed by atoms with Crippen LogP contribution in [0.25, 0.3) is 0 Å². The number of rotatable bonds is 4. The highest BCUT2D eigenvalue weighted by molar-refractivity contribution is 8.00. The Labute approximate surface area is 159 Å². The smallest absolute Gasteiger partial charge is 0.430 e. The van der Waals surface area contributed by atoms with Crippen LogP contribution in [0.3, 0.4) is 0 Å². The Kier molecular flexibility index (Phi) is 6.66. The number of nitrogens with one attached hydrogen (secondary N) is 1. The number of thioether (sulfide) groups is 1. The molecule has 0 aromatic carbocycles. The van der Waals surface area contributed by atoms with Gasteiger partial charge in [-0.15, -0.1) is 11.8 Å². The summed E-state index contributed by atoms with van der Waals surface area (Å²) in [5.74, 6) is -1.13. The minimum Gasteiger partial charge on any atom is -0.430 e. The van der Waals surface area contributed by atoms with Gasteiger partial charge in [0.2, 0.25) is 9.61 Å². The van der Waals surface area contributed by atoms with Gasteiger partial charge in [-0.1, -0.05) is 34.8 Å². The summed E-state index contributed by atoms with van der Waals surface area (Å²) in [5, 5.41) is 8.15. The fourth-order valence-electron chi connectivity index (χ4n) is 2.13. The first-order valence-corrected chi connectivity index (χ1v) is 8.86. The minimum atomic E-state index is -1.80. The fourth-order valence-corrected chi connectivity index (χ4v) is 3.72. The van der Waals surface area contributed by atoms with Crippen LogP contribution in [0.1, 0.15) is 11.8 Å². The number of carbonyl (C=O) groups excluding carboxylic acids is 1. The molecule has 2 rings (SSSR count). The molecule has 0 unspecified atom stereocenters. The Morgan fingerprint density at radius 1 is 1.48 bits per heavy atom. The quantitative estimate of drug-likeness (QED) is 0.543. The lowest BCUT2D eigenvalue weighted by Crippen LogP contribution is -2.33. The largest absolute Gasteiger partial charge is 0.508 e. The second kappa shape index (κ2) is 8.17. The maximum Gasteiger partial charge on any atom is 0.508 e. The van der Waals surface area contributed by atoms with Gasteiger partial charge in [0.05, 0.1) is 23.4 Å². The van der Waals surface area contributed by atoms with E-state index in [0.29, 0.717) is 0 Å². The second-order valence-electron chi connectivity index (χ2n) is 5.00. The Hall–Kier alpha value is -0.940. The molecule has 2 N–H and O–H groups in total. The van der Waals surface area contributed by atoms with Crippen LogP contribution in [0.15, 0.2) is 15.8 Å². The Morgan fingerprint density at radius 3 is 2.76 bits per heavy atom. The van der Waals surface area contributed by atoms with Gasteiger partial charge in [0, 0.05) is 6.42 Å². The van der Waals surface area contributed by atoms with E-state index in [9.17, 15) is 23.9 Å². The average molecular weight is 438 g/mol. The molecule has 1 aromatic heterocycles. The third-order valence-corrected chi connectivity index (χ3v) is 5.06. The van der Waals surface area contributed by atoms with Gasteiger partial charge >= 0.3 is 11.8 Å². The lowest BCUT2D eigenvalue weighted by Gasteiger charge is -2.17. The van der Waals surface area contributed by atoms with Gasteiger partial charge in [-0.2, -0.15) is 4.39 Å². The summed E-state index contributed by atoms with van der Waals surface area (Å²) < 4.78 is 22.3.